The highest BCUT2D eigenvalue weighted by Crippen LogP contribution is 2.27. The van der Waals surface area contributed by atoms with Crippen molar-refractivity contribution in [1.82, 2.24) is 0 Å². The van der Waals surface area contributed by atoms with Gasteiger partial charge in [-0.1, -0.05) is 32.6 Å². The summed E-state index contributed by atoms with van der Waals surface area (Å²) in [6.07, 6.45) is 9.13. The van der Waals surface area contributed by atoms with Crippen LogP contribution in [0.3, 0.4) is 0 Å². The van der Waals surface area contributed by atoms with E-state index < -0.39 is 0 Å². The van der Waals surface area contributed by atoms with Crippen LogP contribution in [0.2, 0.25) is 0 Å². The Morgan fingerprint density at radius 3 is 2.80 bits per heavy atom. The van der Waals surface area contributed by atoms with Crippen LogP contribution in [0.25, 0.3) is 0 Å². The standard InChI is InChI=1S/C14H21N/c1-11(2)14-7-5-6-12(3)10-15-9-8-13(14)4/h8-11,14H,3-7H2,1-2H3/b9-8-,15-10?. The van der Waals surface area contributed by atoms with Crippen molar-refractivity contribution in [2.45, 2.75) is 33.1 Å². The molecule has 0 amide bonds. The summed E-state index contributed by atoms with van der Waals surface area (Å²) in [4.78, 5) is 4.19. The van der Waals surface area contributed by atoms with E-state index in [1.807, 2.05) is 18.5 Å². The van der Waals surface area contributed by atoms with E-state index in [9.17, 15) is 0 Å². The van der Waals surface area contributed by atoms with Gasteiger partial charge in [-0.05, 0) is 42.7 Å². The molecule has 1 rings (SSSR count). The first-order valence-corrected chi connectivity index (χ1v) is 5.67. The number of rotatable bonds is 1. The van der Waals surface area contributed by atoms with Gasteiger partial charge in [-0.15, -0.1) is 0 Å². The lowest BCUT2D eigenvalue weighted by molar-refractivity contribution is 0.412. The molecule has 0 aromatic heterocycles. The number of aliphatic imine (C=N–C) groups is 1. The molecule has 0 saturated carbocycles. The monoisotopic (exact) mass is 203 g/mol. The van der Waals surface area contributed by atoms with Crippen molar-refractivity contribution in [2.24, 2.45) is 16.8 Å². The molecule has 0 saturated heterocycles. The van der Waals surface area contributed by atoms with Crippen LogP contribution in [0.5, 0.6) is 0 Å². The summed E-state index contributed by atoms with van der Waals surface area (Å²) in [6, 6.07) is 0. The molecule has 1 atom stereocenters. The Labute approximate surface area is 93.3 Å². The summed E-state index contributed by atoms with van der Waals surface area (Å²) in [5.74, 6) is 1.24. The minimum Gasteiger partial charge on any atom is -0.264 e. The predicted octanol–water partition coefficient (Wildman–Crippen LogP) is 4.14. The van der Waals surface area contributed by atoms with Crippen LogP contribution in [-0.2, 0) is 0 Å². The molecule has 0 aromatic rings. The fourth-order valence-electron chi connectivity index (χ4n) is 1.97. The molecule has 1 heteroatoms. The van der Waals surface area contributed by atoms with E-state index in [0.29, 0.717) is 11.8 Å². The maximum absolute atomic E-state index is 4.19. The molecule has 1 aliphatic heterocycles. The molecule has 15 heavy (non-hydrogen) atoms. The SMILES string of the molecule is C=C1C=N/C=C\C(=C)C(C(C)C)CCC1. The molecular weight excluding hydrogens is 182 g/mol. The molecule has 0 aliphatic carbocycles. The average Bonchev–Trinajstić information content (AvgIpc) is 2.18. The minimum absolute atomic E-state index is 0.586. The zero-order valence-electron chi connectivity index (χ0n) is 9.87. The van der Waals surface area contributed by atoms with Gasteiger partial charge < -0.3 is 0 Å². The second kappa shape index (κ2) is 5.69. The number of hydrogen-bond donors (Lipinski definition) is 0. The lowest BCUT2D eigenvalue weighted by Gasteiger charge is -2.21. The van der Waals surface area contributed by atoms with Crippen LogP contribution >= 0.6 is 0 Å². The lowest BCUT2D eigenvalue weighted by Crippen LogP contribution is -2.10. The van der Waals surface area contributed by atoms with Gasteiger partial charge in [0, 0.05) is 12.4 Å². The Hall–Kier alpha value is -1.11. The first kappa shape index (κ1) is 12.0. The number of nitrogens with zero attached hydrogens (tertiary/aromatic N) is 1. The van der Waals surface area contributed by atoms with Crippen molar-refractivity contribution < 1.29 is 0 Å². The Morgan fingerprint density at radius 2 is 2.13 bits per heavy atom. The number of allylic oxidation sites excluding steroid dienone is 3. The highest BCUT2D eigenvalue weighted by Gasteiger charge is 2.15. The molecule has 1 nitrogen and oxygen atoms in total. The second-order valence-electron chi connectivity index (χ2n) is 4.57. The second-order valence-corrected chi connectivity index (χ2v) is 4.57. The van der Waals surface area contributed by atoms with Crippen LogP contribution in [-0.4, -0.2) is 6.21 Å². The summed E-state index contributed by atoms with van der Waals surface area (Å²) >= 11 is 0. The van der Waals surface area contributed by atoms with Crippen LogP contribution in [0, 0.1) is 11.8 Å². The van der Waals surface area contributed by atoms with Gasteiger partial charge in [-0.2, -0.15) is 0 Å². The summed E-state index contributed by atoms with van der Waals surface area (Å²) in [7, 11) is 0. The quantitative estimate of drug-likeness (QED) is 0.607. The van der Waals surface area contributed by atoms with E-state index >= 15 is 0 Å². The molecule has 0 radical (unpaired) electrons. The van der Waals surface area contributed by atoms with Gasteiger partial charge in [0.15, 0.2) is 0 Å². The van der Waals surface area contributed by atoms with Crippen molar-refractivity contribution in [3.05, 3.63) is 36.6 Å². The van der Waals surface area contributed by atoms with Crippen LogP contribution in [0.1, 0.15) is 33.1 Å². The molecule has 0 fully saturated rings. The smallest absolute Gasteiger partial charge is 0.0293 e. The van der Waals surface area contributed by atoms with Crippen LogP contribution in [0.4, 0.5) is 0 Å². The summed E-state index contributed by atoms with van der Waals surface area (Å²) in [5.41, 5.74) is 2.32. The molecule has 1 heterocycles. The van der Waals surface area contributed by atoms with E-state index in [4.69, 9.17) is 0 Å². The highest BCUT2D eigenvalue weighted by molar-refractivity contribution is 5.78. The van der Waals surface area contributed by atoms with E-state index in [-0.39, 0.29) is 0 Å². The summed E-state index contributed by atoms with van der Waals surface area (Å²) in [6.45, 7) is 12.6. The normalized spacial score (nSPS) is 25.7. The summed E-state index contributed by atoms with van der Waals surface area (Å²) < 4.78 is 0. The Kier molecular flexibility index (Phi) is 4.54. The minimum atomic E-state index is 0.586. The molecule has 82 valence electrons. The van der Waals surface area contributed by atoms with Gasteiger partial charge in [0.2, 0.25) is 0 Å². The van der Waals surface area contributed by atoms with Gasteiger partial charge in [0.05, 0.1) is 0 Å². The molecule has 1 unspecified atom stereocenters. The largest absolute Gasteiger partial charge is 0.264 e. The van der Waals surface area contributed by atoms with Gasteiger partial charge in [-0.3, -0.25) is 4.99 Å². The Bertz CT molecular complexity index is 294. The Morgan fingerprint density at radius 1 is 1.40 bits per heavy atom. The zero-order chi connectivity index (χ0) is 11.3. The lowest BCUT2D eigenvalue weighted by atomic mass is 9.84. The maximum Gasteiger partial charge on any atom is 0.0293 e. The van der Waals surface area contributed by atoms with Crippen LogP contribution < -0.4 is 0 Å². The van der Waals surface area contributed by atoms with Gasteiger partial charge in [0.1, 0.15) is 0 Å². The zero-order valence-corrected chi connectivity index (χ0v) is 9.87. The molecule has 1 aliphatic rings. The van der Waals surface area contributed by atoms with Crippen molar-refractivity contribution in [1.29, 1.82) is 0 Å². The van der Waals surface area contributed by atoms with Crippen molar-refractivity contribution in [3.63, 3.8) is 0 Å². The summed E-state index contributed by atoms with van der Waals surface area (Å²) in [5, 5.41) is 0. The molecule has 0 bridgehead atoms. The first-order chi connectivity index (χ1) is 7.11. The van der Waals surface area contributed by atoms with Crippen molar-refractivity contribution >= 4 is 6.21 Å². The predicted molar refractivity (Wildman–Crippen MR) is 68.1 cm³/mol. The highest BCUT2D eigenvalue weighted by atomic mass is 14.7. The van der Waals surface area contributed by atoms with E-state index in [2.05, 4.69) is 32.0 Å². The van der Waals surface area contributed by atoms with E-state index in [1.54, 1.807) is 0 Å². The third kappa shape index (κ3) is 3.86. The van der Waals surface area contributed by atoms with E-state index in [1.165, 1.54) is 18.4 Å². The van der Waals surface area contributed by atoms with Gasteiger partial charge in [-0.25, -0.2) is 0 Å². The van der Waals surface area contributed by atoms with Gasteiger partial charge in [0.25, 0.3) is 0 Å². The fraction of sp³-hybridized carbons (Fsp3) is 0.500. The Balaban J connectivity index is 2.77. The van der Waals surface area contributed by atoms with Crippen LogP contribution in [0.15, 0.2) is 41.6 Å². The fourth-order valence-corrected chi connectivity index (χ4v) is 1.97. The van der Waals surface area contributed by atoms with Gasteiger partial charge >= 0.3 is 0 Å². The topological polar surface area (TPSA) is 12.4 Å². The van der Waals surface area contributed by atoms with E-state index in [0.717, 1.165) is 12.0 Å². The molecular formula is C14H21N. The average molecular weight is 203 g/mol. The number of hydrogen-bond acceptors (Lipinski definition) is 1. The third-order valence-corrected chi connectivity index (χ3v) is 2.93. The first-order valence-electron chi connectivity index (χ1n) is 5.67. The molecule has 0 aromatic carbocycles. The third-order valence-electron chi connectivity index (χ3n) is 2.93. The maximum atomic E-state index is 4.19. The molecule has 0 spiro atoms. The van der Waals surface area contributed by atoms with Crippen molar-refractivity contribution in [3.8, 4) is 0 Å². The van der Waals surface area contributed by atoms with Crippen molar-refractivity contribution in [2.75, 3.05) is 0 Å². The molecule has 0 N–H and O–H groups in total.